The first-order chi connectivity index (χ1) is 13.3. The Labute approximate surface area is 159 Å². The van der Waals surface area contributed by atoms with Gasteiger partial charge in [-0.2, -0.15) is 17.9 Å². The number of carbonyl (C=O) groups is 1. The zero-order valence-corrected chi connectivity index (χ0v) is 15.0. The Morgan fingerprint density at radius 2 is 1.89 bits per heavy atom. The van der Waals surface area contributed by atoms with Crippen LogP contribution in [0.4, 0.5) is 13.2 Å². The first kappa shape index (κ1) is 18.9. The van der Waals surface area contributed by atoms with Crippen molar-refractivity contribution in [2.75, 3.05) is 0 Å². The average molecular weight is 395 g/mol. The number of fused-ring (bicyclic) bond motifs is 1. The van der Waals surface area contributed by atoms with Crippen molar-refractivity contribution in [1.29, 1.82) is 0 Å². The summed E-state index contributed by atoms with van der Waals surface area (Å²) < 4.78 is 39.7. The van der Waals surface area contributed by atoms with Crippen molar-refractivity contribution in [3.63, 3.8) is 0 Å². The number of rotatable bonds is 4. The van der Waals surface area contributed by atoms with Gasteiger partial charge >= 0.3 is 12.1 Å². The number of alkyl halides is 3. The van der Waals surface area contributed by atoms with Crippen molar-refractivity contribution in [3.05, 3.63) is 35.7 Å². The largest absolute Gasteiger partial charge is 0.480 e. The molecule has 0 spiro atoms. The van der Waals surface area contributed by atoms with Gasteiger partial charge in [0.2, 0.25) is 0 Å². The van der Waals surface area contributed by atoms with E-state index in [1.807, 2.05) is 4.90 Å². The molecule has 2 aliphatic rings. The predicted molar refractivity (Wildman–Crippen MR) is 91.5 cm³/mol. The van der Waals surface area contributed by atoms with E-state index in [4.69, 9.17) is 0 Å². The van der Waals surface area contributed by atoms with E-state index in [1.165, 1.54) is 16.8 Å². The Kier molecular flexibility index (Phi) is 4.82. The highest BCUT2D eigenvalue weighted by Crippen LogP contribution is 2.40. The molecule has 1 saturated carbocycles. The van der Waals surface area contributed by atoms with E-state index in [2.05, 4.69) is 15.5 Å². The lowest BCUT2D eigenvalue weighted by molar-refractivity contribution is -0.143. The van der Waals surface area contributed by atoms with Crippen LogP contribution in [0, 0.1) is 5.92 Å². The molecule has 0 amide bonds. The minimum Gasteiger partial charge on any atom is -0.480 e. The average Bonchev–Trinajstić information content (AvgIpc) is 3.27. The predicted octanol–water partition coefficient (Wildman–Crippen LogP) is 2.90. The third-order valence-corrected chi connectivity index (χ3v) is 5.80. The quantitative estimate of drug-likeness (QED) is 0.857. The zero-order valence-electron chi connectivity index (χ0n) is 15.0. The van der Waals surface area contributed by atoms with Gasteiger partial charge in [0.15, 0.2) is 5.82 Å². The number of aromatic nitrogens is 4. The van der Waals surface area contributed by atoms with E-state index in [0.29, 0.717) is 23.9 Å². The summed E-state index contributed by atoms with van der Waals surface area (Å²) in [5.41, 5.74) is -0.347. The molecule has 2 aromatic rings. The maximum absolute atomic E-state index is 12.8. The molecule has 150 valence electrons. The molecule has 3 atom stereocenters. The molecular weight excluding hydrogens is 375 g/mol. The molecular formula is C18H20F3N5O2. The van der Waals surface area contributed by atoms with E-state index >= 15 is 0 Å². The second-order valence-electron chi connectivity index (χ2n) is 7.43. The summed E-state index contributed by atoms with van der Waals surface area (Å²) in [6.07, 6.45) is 0.341. The summed E-state index contributed by atoms with van der Waals surface area (Å²) in [6.45, 7) is 0.242. The summed E-state index contributed by atoms with van der Waals surface area (Å²) in [5, 5.41) is 21.2. The number of hydrogen-bond acceptors (Lipinski definition) is 5. The molecule has 10 heteroatoms. The highest BCUT2D eigenvalue weighted by Gasteiger charge is 2.45. The third kappa shape index (κ3) is 3.48. The Bertz CT molecular complexity index is 852. The lowest BCUT2D eigenvalue weighted by atomic mass is 9.85. The molecule has 0 radical (unpaired) electrons. The Hall–Kier alpha value is -2.49. The Balaban J connectivity index is 1.59. The smallest absolute Gasteiger partial charge is 0.416 e. The fourth-order valence-electron chi connectivity index (χ4n) is 4.48. The highest BCUT2D eigenvalue weighted by molar-refractivity contribution is 5.74. The molecule has 1 aliphatic heterocycles. The van der Waals surface area contributed by atoms with Crippen molar-refractivity contribution in [1.82, 2.24) is 25.1 Å². The van der Waals surface area contributed by atoms with E-state index in [0.717, 1.165) is 37.8 Å². The number of carboxylic acid groups (broad SMARTS) is 1. The van der Waals surface area contributed by atoms with Gasteiger partial charge in [-0.3, -0.25) is 9.69 Å². The molecule has 1 aliphatic carbocycles. The first-order valence-corrected chi connectivity index (χ1v) is 9.28. The molecule has 7 nitrogen and oxygen atoms in total. The molecule has 2 heterocycles. The number of aliphatic carboxylic acids is 1. The standard InChI is InChI=1S/C18H20F3N5O2/c19-18(20,21)12-5-7-13(8-6-12)26-16(22-23-24-26)10-25-14-4-2-1-3-11(14)9-15(25)17(27)28/h5-8,11,14-15H,1-4,9-10H2,(H,27,28). The zero-order chi connectivity index (χ0) is 19.9. The molecule has 1 saturated heterocycles. The van der Waals surface area contributed by atoms with E-state index in [1.54, 1.807) is 0 Å². The maximum Gasteiger partial charge on any atom is 0.416 e. The lowest BCUT2D eigenvalue weighted by Crippen LogP contribution is -2.42. The molecule has 1 N–H and O–H groups in total. The van der Waals surface area contributed by atoms with Crippen LogP contribution < -0.4 is 0 Å². The van der Waals surface area contributed by atoms with Crippen LogP contribution in [0.2, 0.25) is 0 Å². The Morgan fingerprint density at radius 3 is 2.57 bits per heavy atom. The van der Waals surface area contributed by atoms with Crippen LogP contribution in [0.3, 0.4) is 0 Å². The van der Waals surface area contributed by atoms with Crippen LogP contribution in [0.15, 0.2) is 24.3 Å². The van der Waals surface area contributed by atoms with Crippen molar-refractivity contribution in [2.45, 2.75) is 56.9 Å². The molecule has 3 unspecified atom stereocenters. The monoisotopic (exact) mass is 395 g/mol. The number of tetrazole rings is 1. The van der Waals surface area contributed by atoms with Crippen LogP contribution in [0.1, 0.15) is 43.5 Å². The van der Waals surface area contributed by atoms with Crippen molar-refractivity contribution < 1.29 is 23.1 Å². The second-order valence-corrected chi connectivity index (χ2v) is 7.43. The summed E-state index contributed by atoms with van der Waals surface area (Å²) in [5.74, 6) is -0.0922. The number of likely N-dealkylation sites (tertiary alicyclic amines) is 1. The van der Waals surface area contributed by atoms with E-state index in [9.17, 15) is 23.1 Å². The van der Waals surface area contributed by atoms with Gasteiger partial charge in [0.1, 0.15) is 6.04 Å². The molecule has 4 rings (SSSR count). The second kappa shape index (κ2) is 7.16. The first-order valence-electron chi connectivity index (χ1n) is 9.28. The Morgan fingerprint density at radius 1 is 1.18 bits per heavy atom. The minimum absolute atomic E-state index is 0.174. The number of hydrogen-bond donors (Lipinski definition) is 1. The van der Waals surface area contributed by atoms with Crippen LogP contribution in [0.25, 0.3) is 5.69 Å². The van der Waals surface area contributed by atoms with Crippen molar-refractivity contribution >= 4 is 5.97 Å². The van der Waals surface area contributed by atoms with E-state index in [-0.39, 0.29) is 12.6 Å². The van der Waals surface area contributed by atoms with Crippen molar-refractivity contribution in [3.8, 4) is 5.69 Å². The fraction of sp³-hybridized carbons (Fsp3) is 0.556. The summed E-state index contributed by atoms with van der Waals surface area (Å²) >= 11 is 0. The number of benzene rings is 1. The van der Waals surface area contributed by atoms with Crippen molar-refractivity contribution in [2.24, 2.45) is 5.92 Å². The van der Waals surface area contributed by atoms with Crippen LogP contribution in [-0.2, 0) is 17.5 Å². The van der Waals surface area contributed by atoms with Gasteiger partial charge < -0.3 is 5.11 Å². The van der Waals surface area contributed by atoms with Crippen LogP contribution in [0.5, 0.6) is 0 Å². The maximum atomic E-state index is 12.8. The topological polar surface area (TPSA) is 84.1 Å². The van der Waals surface area contributed by atoms with Gasteiger partial charge in [-0.05, 0) is 59.9 Å². The van der Waals surface area contributed by atoms with Crippen LogP contribution in [-0.4, -0.2) is 48.3 Å². The van der Waals surface area contributed by atoms with Gasteiger partial charge in [0, 0.05) is 6.04 Å². The molecule has 2 fully saturated rings. The normalized spacial score (nSPS) is 25.6. The van der Waals surface area contributed by atoms with Gasteiger partial charge in [0.05, 0.1) is 17.8 Å². The summed E-state index contributed by atoms with van der Waals surface area (Å²) in [7, 11) is 0. The highest BCUT2D eigenvalue weighted by atomic mass is 19.4. The van der Waals surface area contributed by atoms with E-state index < -0.39 is 23.8 Å². The third-order valence-electron chi connectivity index (χ3n) is 5.80. The summed E-state index contributed by atoms with van der Waals surface area (Å²) in [4.78, 5) is 13.7. The SMILES string of the molecule is O=C(O)C1CC2CCCCC2N1Cc1nnnn1-c1ccc(C(F)(F)F)cc1. The van der Waals surface area contributed by atoms with Gasteiger partial charge in [-0.25, -0.2) is 0 Å². The molecule has 0 bridgehead atoms. The number of halogens is 3. The summed E-state index contributed by atoms with van der Waals surface area (Å²) in [6, 6.07) is 4.16. The van der Waals surface area contributed by atoms with Gasteiger partial charge in [-0.1, -0.05) is 12.8 Å². The number of carboxylic acids is 1. The lowest BCUT2D eigenvalue weighted by Gasteiger charge is -2.32. The van der Waals surface area contributed by atoms with Gasteiger partial charge in [-0.15, -0.1) is 5.10 Å². The van der Waals surface area contributed by atoms with Crippen LogP contribution >= 0.6 is 0 Å². The molecule has 28 heavy (non-hydrogen) atoms. The minimum atomic E-state index is -4.41. The molecule has 1 aromatic carbocycles. The van der Waals surface area contributed by atoms with Gasteiger partial charge in [0.25, 0.3) is 0 Å². The number of nitrogens with zero attached hydrogens (tertiary/aromatic N) is 5. The molecule has 1 aromatic heterocycles. The fourth-order valence-corrected chi connectivity index (χ4v) is 4.48.